The van der Waals surface area contributed by atoms with Crippen LogP contribution in [0.5, 0.6) is 0 Å². The summed E-state index contributed by atoms with van der Waals surface area (Å²) in [5.41, 5.74) is 0.0977. The zero-order valence-corrected chi connectivity index (χ0v) is 7.06. The van der Waals surface area contributed by atoms with Crippen molar-refractivity contribution in [3.63, 3.8) is 0 Å². The van der Waals surface area contributed by atoms with Gasteiger partial charge >= 0.3 is 12.1 Å². The second-order valence-corrected chi connectivity index (χ2v) is 2.50. The van der Waals surface area contributed by atoms with Crippen LogP contribution in [0.25, 0.3) is 11.6 Å². The van der Waals surface area contributed by atoms with Crippen LogP contribution in [0.1, 0.15) is 5.89 Å². The normalized spacial score (nSPS) is 11.7. The average molecular weight is 216 g/mol. The molecule has 78 valence electrons. The van der Waals surface area contributed by atoms with Gasteiger partial charge in [0, 0.05) is 12.4 Å². The lowest BCUT2D eigenvalue weighted by molar-refractivity contribution is -0.156. The minimum atomic E-state index is -4.65. The van der Waals surface area contributed by atoms with E-state index in [1.54, 1.807) is 0 Å². The number of alkyl halides is 3. The molecule has 2 aromatic rings. The summed E-state index contributed by atoms with van der Waals surface area (Å²) < 4.78 is 40.6. The summed E-state index contributed by atoms with van der Waals surface area (Å²) in [5.74, 6) is -1.71. The quantitative estimate of drug-likeness (QED) is 0.723. The number of halogens is 3. The van der Waals surface area contributed by atoms with Crippen LogP contribution in [0.2, 0.25) is 0 Å². The smallest absolute Gasteiger partial charge is 0.411 e. The monoisotopic (exact) mass is 216 g/mol. The fourth-order valence-electron chi connectivity index (χ4n) is 0.851. The van der Waals surface area contributed by atoms with Crippen LogP contribution in [0.4, 0.5) is 13.2 Å². The van der Waals surface area contributed by atoms with E-state index in [9.17, 15) is 13.2 Å². The molecule has 0 N–H and O–H groups in total. The van der Waals surface area contributed by atoms with E-state index in [1.807, 2.05) is 0 Å². The Balaban J connectivity index is 2.37. The molecule has 15 heavy (non-hydrogen) atoms. The van der Waals surface area contributed by atoms with Gasteiger partial charge in [0.15, 0.2) is 0 Å². The summed E-state index contributed by atoms with van der Waals surface area (Å²) in [7, 11) is 0. The van der Waals surface area contributed by atoms with Crippen molar-refractivity contribution in [2.75, 3.05) is 0 Å². The van der Waals surface area contributed by atoms with Gasteiger partial charge in [-0.3, -0.25) is 4.98 Å². The molecule has 0 aliphatic rings. The Morgan fingerprint density at radius 3 is 2.47 bits per heavy atom. The molecule has 0 saturated carbocycles. The number of rotatable bonds is 1. The highest BCUT2D eigenvalue weighted by atomic mass is 19.4. The molecule has 0 aliphatic heterocycles. The zero-order chi connectivity index (χ0) is 10.9. The van der Waals surface area contributed by atoms with E-state index in [2.05, 4.69) is 24.6 Å². The van der Waals surface area contributed by atoms with E-state index in [4.69, 9.17) is 0 Å². The van der Waals surface area contributed by atoms with E-state index in [1.165, 1.54) is 18.6 Å². The minimum Gasteiger partial charge on any atom is -0.411 e. The number of aromatic nitrogens is 4. The van der Waals surface area contributed by atoms with Gasteiger partial charge in [0.2, 0.25) is 0 Å². The molecule has 0 aromatic carbocycles. The van der Waals surface area contributed by atoms with Gasteiger partial charge in [-0.15, -0.1) is 10.2 Å². The molecule has 2 heterocycles. The van der Waals surface area contributed by atoms with Crippen molar-refractivity contribution in [1.82, 2.24) is 20.2 Å². The number of nitrogens with zero attached hydrogens (tertiary/aromatic N) is 4. The second-order valence-electron chi connectivity index (χ2n) is 2.50. The molecular formula is C7H3F3N4O. The highest BCUT2D eigenvalue weighted by Crippen LogP contribution is 2.29. The van der Waals surface area contributed by atoms with E-state index in [0.29, 0.717) is 0 Å². The largest absolute Gasteiger partial charge is 0.470 e. The Morgan fingerprint density at radius 1 is 1.13 bits per heavy atom. The average Bonchev–Trinajstić information content (AvgIpc) is 2.67. The summed E-state index contributed by atoms with van der Waals surface area (Å²) in [6, 6.07) is 0. The second kappa shape index (κ2) is 3.30. The lowest BCUT2D eigenvalue weighted by Gasteiger charge is -1.96. The zero-order valence-electron chi connectivity index (χ0n) is 7.06. The molecule has 0 atom stereocenters. The van der Waals surface area contributed by atoms with Crippen LogP contribution in [0, 0.1) is 0 Å². The number of hydrogen-bond acceptors (Lipinski definition) is 5. The topological polar surface area (TPSA) is 64.7 Å². The fraction of sp³-hybridized carbons (Fsp3) is 0.143. The number of hydrogen-bond donors (Lipinski definition) is 0. The molecule has 8 heteroatoms. The molecule has 0 aliphatic carbocycles. The third kappa shape index (κ3) is 1.92. The summed E-state index contributed by atoms with van der Waals surface area (Å²) in [6.45, 7) is 0. The van der Waals surface area contributed by atoms with Gasteiger partial charge in [0.25, 0.3) is 5.89 Å². The van der Waals surface area contributed by atoms with Gasteiger partial charge in [0.05, 0.1) is 6.20 Å². The van der Waals surface area contributed by atoms with Gasteiger partial charge in [-0.05, 0) is 0 Å². The predicted octanol–water partition coefficient (Wildman–Crippen LogP) is 1.55. The maximum absolute atomic E-state index is 12.1. The molecule has 2 rings (SSSR count). The molecule has 0 bridgehead atoms. The molecule has 0 amide bonds. The van der Waals surface area contributed by atoms with Crippen molar-refractivity contribution in [3.05, 3.63) is 24.5 Å². The van der Waals surface area contributed by atoms with Crippen molar-refractivity contribution in [3.8, 4) is 11.6 Å². The molecule has 0 saturated heterocycles. The first-order valence-corrected chi connectivity index (χ1v) is 3.74. The van der Waals surface area contributed by atoms with Crippen LogP contribution >= 0.6 is 0 Å². The van der Waals surface area contributed by atoms with Gasteiger partial charge in [0.1, 0.15) is 5.69 Å². The highest BCUT2D eigenvalue weighted by Gasteiger charge is 2.38. The molecule has 0 spiro atoms. The highest BCUT2D eigenvalue weighted by molar-refractivity contribution is 5.43. The Labute approximate surface area is 81.0 Å². The van der Waals surface area contributed by atoms with Gasteiger partial charge < -0.3 is 4.42 Å². The summed E-state index contributed by atoms with van der Waals surface area (Å²) in [5, 5.41) is 6.07. The molecule has 0 radical (unpaired) electrons. The minimum absolute atomic E-state index is 0.0977. The van der Waals surface area contributed by atoms with Gasteiger partial charge in [-0.1, -0.05) is 0 Å². The molecule has 2 aromatic heterocycles. The first-order valence-electron chi connectivity index (χ1n) is 3.74. The molecule has 5 nitrogen and oxygen atoms in total. The van der Waals surface area contributed by atoms with Gasteiger partial charge in [-0.2, -0.15) is 13.2 Å². The third-order valence-corrected chi connectivity index (χ3v) is 1.45. The van der Waals surface area contributed by atoms with Crippen molar-refractivity contribution >= 4 is 0 Å². The lowest BCUT2D eigenvalue weighted by Crippen LogP contribution is -2.04. The van der Waals surface area contributed by atoms with Crippen molar-refractivity contribution in [1.29, 1.82) is 0 Å². The van der Waals surface area contributed by atoms with Crippen LogP contribution in [0.3, 0.4) is 0 Å². The maximum Gasteiger partial charge on any atom is 0.470 e. The van der Waals surface area contributed by atoms with Crippen molar-refractivity contribution in [2.24, 2.45) is 0 Å². The van der Waals surface area contributed by atoms with Crippen molar-refractivity contribution in [2.45, 2.75) is 6.18 Å². The SMILES string of the molecule is FC(F)(F)c1nnc(-c2cnccn2)o1. The molecule has 0 unspecified atom stereocenters. The Hall–Kier alpha value is -1.99. The Morgan fingerprint density at radius 2 is 1.93 bits per heavy atom. The standard InChI is InChI=1S/C7H3F3N4O/c8-7(9,10)6-14-13-5(15-6)4-3-11-1-2-12-4/h1-3H. The summed E-state index contributed by atoms with van der Waals surface area (Å²) in [6.07, 6.45) is -0.724. The van der Waals surface area contributed by atoms with Crippen LogP contribution in [-0.4, -0.2) is 20.2 Å². The van der Waals surface area contributed by atoms with E-state index < -0.39 is 12.1 Å². The molecule has 0 fully saturated rings. The summed E-state index contributed by atoms with van der Waals surface area (Å²) in [4.78, 5) is 7.38. The predicted molar refractivity (Wildman–Crippen MR) is 40.3 cm³/mol. The Bertz CT molecular complexity index is 453. The third-order valence-electron chi connectivity index (χ3n) is 1.45. The molecular weight excluding hydrogens is 213 g/mol. The van der Waals surface area contributed by atoms with Crippen LogP contribution < -0.4 is 0 Å². The first kappa shape index (κ1) is 9.56. The lowest BCUT2D eigenvalue weighted by atomic mass is 10.4. The van der Waals surface area contributed by atoms with Crippen LogP contribution in [0.15, 0.2) is 23.0 Å². The first-order chi connectivity index (χ1) is 7.07. The summed E-state index contributed by atoms with van der Waals surface area (Å²) >= 11 is 0. The maximum atomic E-state index is 12.1. The van der Waals surface area contributed by atoms with Crippen molar-refractivity contribution < 1.29 is 17.6 Å². The van der Waals surface area contributed by atoms with E-state index in [0.717, 1.165) is 0 Å². The Kier molecular flexibility index (Phi) is 2.10. The fourth-order valence-corrected chi connectivity index (χ4v) is 0.851. The van der Waals surface area contributed by atoms with Crippen LogP contribution in [-0.2, 0) is 6.18 Å². The van der Waals surface area contributed by atoms with E-state index in [-0.39, 0.29) is 11.6 Å². The van der Waals surface area contributed by atoms with E-state index >= 15 is 0 Å². The van der Waals surface area contributed by atoms with Gasteiger partial charge in [-0.25, -0.2) is 4.98 Å².